The average molecular weight is 403 g/mol. The number of halogens is 5. The summed E-state index contributed by atoms with van der Waals surface area (Å²) in [5.74, 6) is -2.26. The molecule has 0 aliphatic rings. The quantitative estimate of drug-likeness (QED) is 0.459. The van der Waals surface area contributed by atoms with E-state index < -0.39 is 29.0 Å². The molecule has 2 nitrogen and oxygen atoms in total. The molecular formula is C13H14F4INO. The Kier molecular flexibility index (Phi) is 5.79. The number of nitrogens with one attached hydrogen (secondary N) is 1. The Balaban J connectivity index is 3.06. The van der Waals surface area contributed by atoms with Gasteiger partial charge in [-0.2, -0.15) is 13.2 Å². The van der Waals surface area contributed by atoms with E-state index >= 15 is 0 Å². The maximum absolute atomic E-state index is 13.8. The van der Waals surface area contributed by atoms with Crippen molar-refractivity contribution in [2.45, 2.75) is 26.1 Å². The van der Waals surface area contributed by atoms with Gasteiger partial charge in [-0.15, -0.1) is 0 Å². The average Bonchev–Trinajstić information content (AvgIpc) is 2.34. The van der Waals surface area contributed by atoms with Crippen LogP contribution in [0.3, 0.4) is 0 Å². The van der Waals surface area contributed by atoms with Crippen molar-refractivity contribution in [1.29, 1.82) is 0 Å². The molecule has 20 heavy (non-hydrogen) atoms. The summed E-state index contributed by atoms with van der Waals surface area (Å²) in [6.45, 7) is 3.73. The Morgan fingerprint density at radius 2 is 1.95 bits per heavy atom. The molecule has 112 valence electrons. The van der Waals surface area contributed by atoms with E-state index in [4.69, 9.17) is 0 Å². The number of hydrogen-bond acceptors (Lipinski definition) is 1. The summed E-state index contributed by atoms with van der Waals surface area (Å²) in [5.41, 5.74) is -2.02. The van der Waals surface area contributed by atoms with Gasteiger partial charge in [0, 0.05) is 10.5 Å². The SMILES string of the molecule is CC(C)C(CI)NC(=O)c1cccc(C(F)(F)F)c1F. The van der Waals surface area contributed by atoms with E-state index in [0.29, 0.717) is 10.5 Å². The van der Waals surface area contributed by atoms with Crippen molar-refractivity contribution in [3.63, 3.8) is 0 Å². The molecule has 7 heteroatoms. The molecule has 0 aliphatic heterocycles. The third kappa shape index (κ3) is 4.07. The van der Waals surface area contributed by atoms with E-state index in [1.165, 1.54) is 0 Å². The molecule has 1 amide bonds. The summed E-state index contributed by atoms with van der Waals surface area (Å²) in [5, 5.41) is 2.55. The highest BCUT2D eigenvalue weighted by molar-refractivity contribution is 14.1. The van der Waals surface area contributed by atoms with E-state index in [9.17, 15) is 22.4 Å². The monoisotopic (exact) mass is 403 g/mol. The summed E-state index contributed by atoms with van der Waals surface area (Å²) >= 11 is 2.06. The fourth-order valence-electron chi connectivity index (χ4n) is 1.56. The number of amides is 1. The van der Waals surface area contributed by atoms with Crippen LogP contribution in [0.5, 0.6) is 0 Å². The molecular weight excluding hydrogens is 389 g/mol. The number of carbonyl (C=O) groups is 1. The van der Waals surface area contributed by atoms with Crippen LogP contribution in [0.15, 0.2) is 18.2 Å². The van der Waals surface area contributed by atoms with Crippen LogP contribution in [0.2, 0.25) is 0 Å². The molecule has 0 saturated heterocycles. The number of benzene rings is 1. The fraction of sp³-hybridized carbons (Fsp3) is 0.462. The molecule has 1 atom stereocenters. The first-order chi connectivity index (χ1) is 9.18. The third-order valence-electron chi connectivity index (χ3n) is 2.84. The van der Waals surface area contributed by atoms with E-state index in [1.807, 2.05) is 13.8 Å². The number of hydrogen-bond donors (Lipinski definition) is 1. The predicted octanol–water partition coefficient (Wildman–Crippen LogP) is 4.03. The zero-order valence-corrected chi connectivity index (χ0v) is 13.0. The Labute approximate surface area is 128 Å². The summed E-state index contributed by atoms with van der Waals surface area (Å²) in [4.78, 5) is 11.9. The molecule has 1 N–H and O–H groups in total. The summed E-state index contributed by atoms with van der Waals surface area (Å²) < 4.78 is 52.1. The van der Waals surface area contributed by atoms with Crippen molar-refractivity contribution < 1.29 is 22.4 Å². The van der Waals surface area contributed by atoms with E-state index in [2.05, 4.69) is 27.9 Å². The highest BCUT2D eigenvalue weighted by Crippen LogP contribution is 2.32. The van der Waals surface area contributed by atoms with E-state index in [-0.39, 0.29) is 12.0 Å². The second-order valence-corrected chi connectivity index (χ2v) is 5.52. The van der Waals surface area contributed by atoms with Crippen LogP contribution in [-0.2, 0) is 6.18 Å². The first-order valence-electron chi connectivity index (χ1n) is 5.91. The Bertz CT molecular complexity index is 488. The van der Waals surface area contributed by atoms with Crippen molar-refractivity contribution in [3.05, 3.63) is 35.1 Å². The van der Waals surface area contributed by atoms with Gasteiger partial charge in [0.05, 0.1) is 11.1 Å². The lowest BCUT2D eigenvalue weighted by molar-refractivity contribution is -0.140. The lowest BCUT2D eigenvalue weighted by atomic mass is 10.0. The molecule has 0 fully saturated rings. The van der Waals surface area contributed by atoms with Gasteiger partial charge in [-0.1, -0.05) is 42.5 Å². The minimum absolute atomic E-state index is 0.102. The maximum atomic E-state index is 13.8. The lowest BCUT2D eigenvalue weighted by Gasteiger charge is -2.20. The lowest BCUT2D eigenvalue weighted by Crippen LogP contribution is -2.40. The van der Waals surface area contributed by atoms with Gasteiger partial charge in [0.2, 0.25) is 0 Å². The highest BCUT2D eigenvalue weighted by Gasteiger charge is 2.35. The largest absolute Gasteiger partial charge is 0.419 e. The molecule has 0 heterocycles. The van der Waals surface area contributed by atoms with Crippen LogP contribution >= 0.6 is 22.6 Å². The van der Waals surface area contributed by atoms with Gasteiger partial charge in [0.1, 0.15) is 5.82 Å². The molecule has 0 aliphatic carbocycles. The van der Waals surface area contributed by atoms with Gasteiger partial charge >= 0.3 is 6.18 Å². The van der Waals surface area contributed by atoms with Gasteiger partial charge < -0.3 is 5.32 Å². The first-order valence-corrected chi connectivity index (χ1v) is 7.43. The Morgan fingerprint density at radius 3 is 2.40 bits per heavy atom. The minimum atomic E-state index is -4.82. The summed E-state index contributed by atoms with van der Waals surface area (Å²) in [6.07, 6.45) is -4.82. The van der Waals surface area contributed by atoms with Crippen molar-refractivity contribution >= 4 is 28.5 Å². The summed E-state index contributed by atoms with van der Waals surface area (Å²) in [6, 6.07) is 2.46. The van der Waals surface area contributed by atoms with Crippen LogP contribution < -0.4 is 5.32 Å². The van der Waals surface area contributed by atoms with Crippen molar-refractivity contribution in [2.24, 2.45) is 5.92 Å². The third-order valence-corrected chi connectivity index (χ3v) is 3.79. The highest BCUT2D eigenvalue weighted by atomic mass is 127. The molecule has 1 rings (SSSR count). The van der Waals surface area contributed by atoms with Crippen molar-refractivity contribution in [2.75, 3.05) is 4.43 Å². The van der Waals surface area contributed by atoms with E-state index in [1.54, 1.807) is 0 Å². The number of alkyl halides is 4. The smallest absolute Gasteiger partial charge is 0.348 e. The second kappa shape index (κ2) is 6.73. The standard InChI is InChI=1S/C13H14F4INO/c1-7(2)10(6-18)19-12(20)8-4-3-5-9(11(8)14)13(15,16)17/h3-5,7,10H,6H2,1-2H3,(H,19,20). The zero-order chi connectivity index (χ0) is 15.5. The molecule has 0 bridgehead atoms. The topological polar surface area (TPSA) is 29.1 Å². The first kappa shape index (κ1) is 17.2. The van der Waals surface area contributed by atoms with Crippen molar-refractivity contribution in [1.82, 2.24) is 5.32 Å². The van der Waals surface area contributed by atoms with Crippen molar-refractivity contribution in [3.8, 4) is 0 Å². The minimum Gasteiger partial charge on any atom is -0.348 e. The maximum Gasteiger partial charge on any atom is 0.419 e. The van der Waals surface area contributed by atoms with Crippen LogP contribution in [0.25, 0.3) is 0 Å². The molecule has 1 aromatic carbocycles. The normalized spacial score (nSPS) is 13.4. The molecule has 0 spiro atoms. The molecule has 0 aromatic heterocycles. The van der Waals surface area contributed by atoms with Gasteiger partial charge in [0.25, 0.3) is 5.91 Å². The summed E-state index contributed by atoms with van der Waals surface area (Å²) in [7, 11) is 0. The van der Waals surface area contributed by atoms with Crippen LogP contribution in [-0.4, -0.2) is 16.4 Å². The molecule has 1 unspecified atom stereocenters. The van der Waals surface area contributed by atoms with E-state index in [0.717, 1.165) is 12.1 Å². The van der Waals surface area contributed by atoms with Crippen LogP contribution in [0, 0.1) is 11.7 Å². The van der Waals surface area contributed by atoms with Crippen LogP contribution in [0.4, 0.5) is 17.6 Å². The fourth-order valence-corrected chi connectivity index (χ4v) is 2.79. The van der Waals surface area contributed by atoms with Gasteiger partial charge in [-0.05, 0) is 18.1 Å². The molecule has 1 aromatic rings. The van der Waals surface area contributed by atoms with Gasteiger partial charge in [-0.25, -0.2) is 4.39 Å². The molecule has 0 saturated carbocycles. The van der Waals surface area contributed by atoms with Gasteiger partial charge in [0.15, 0.2) is 0 Å². The second-order valence-electron chi connectivity index (χ2n) is 4.64. The Hall–Kier alpha value is -0.860. The Morgan fingerprint density at radius 1 is 1.35 bits per heavy atom. The van der Waals surface area contributed by atoms with Crippen LogP contribution in [0.1, 0.15) is 29.8 Å². The van der Waals surface area contributed by atoms with Gasteiger partial charge in [-0.3, -0.25) is 4.79 Å². The number of carbonyl (C=O) groups excluding carboxylic acids is 1. The molecule has 0 radical (unpaired) electrons. The number of rotatable bonds is 4. The predicted molar refractivity (Wildman–Crippen MR) is 76.4 cm³/mol. The zero-order valence-electron chi connectivity index (χ0n) is 10.9.